The maximum Gasteiger partial charge on any atom is 0.164 e. The Kier molecular flexibility index (Phi) is 5.09. The van der Waals surface area contributed by atoms with Gasteiger partial charge >= 0.3 is 0 Å². The van der Waals surface area contributed by atoms with Crippen molar-refractivity contribution in [3.8, 4) is 11.5 Å². The molecule has 1 heterocycles. The van der Waals surface area contributed by atoms with Crippen molar-refractivity contribution in [2.45, 2.75) is 26.3 Å². The first-order chi connectivity index (χ1) is 7.77. The molecule has 0 saturated heterocycles. The van der Waals surface area contributed by atoms with Crippen molar-refractivity contribution in [2.24, 2.45) is 0 Å². The van der Waals surface area contributed by atoms with Crippen LogP contribution in [0, 0.1) is 0 Å². The number of rotatable bonds is 3. The van der Waals surface area contributed by atoms with Crippen LogP contribution in [-0.2, 0) is 6.42 Å². The molecule has 0 spiro atoms. The van der Waals surface area contributed by atoms with Crippen LogP contribution in [0.5, 0.6) is 11.5 Å². The Morgan fingerprint density at radius 1 is 1.41 bits per heavy atom. The molecule has 0 fully saturated rings. The van der Waals surface area contributed by atoms with E-state index in [9.17, 15) is 0 Å². The van der Waals surface area contributed by atoms with Crippen molar-refractivity contribution in [3.05, 3.63) is 23.3 Å². The molecule has 17 heavy (non-hydrogen) atoms. The van der Waals surface area contributed by atoms with E-state index in [4.69, 9.17) is 9.47 Å². The third-order valence-corrected chi connectivity index (χ3v) is 3.06. The molecule has 1 N–H and O–H groups in total. The smallest absolute Gasteiger partial charge is 0.164 e. The molecule has 0 bridgehead atoms. The molecule has 0 amide bonds. The van der Waals surface area contributed by atoms with E-state index in [0.717, 1.165) is 24.5 Å². The Bertz CT molecular complexity index is 382. The van der Waals surface area contributed by atoms with E-state index in [1.165, 1.54) is 11.1 Å². The molecule has 3 nitrogen and oxygen atoms in total. The highest BCUT2D eigenvalue weighted by atomic mass is 35.5. The topological polar surface area (TPSA) is 30.5 Å². The lowest BCUT2D eigenvalue weighted by Gasteiger charge is -2.26. The summed E-state index contributed by atoms with van der Waals surface area (Å²) < 4.78 is 11.1. The fourth-order valence-electron chi connectivity index (χ4n) is 2.30. The highest BCUT2D eigenvalue weighted by molar-refractivity contribution is 5.85. The van der Waals surface area contributed by atoms with Gasteiger partial charge in [0.15, 0.2) is 11.5 Å². The van der Waals surface area contributed by atoms with Crippen molar-refractivity contribution in [1.29, 1.82) is 0 Å². The molecule has 1 aromatic rings. The monoisotopic (exact) mass is 257 g/mol. The molecule has 0 saturated carbocycles. The van der Waals surface area contributed by atoms with Gasteiger partial charge in [0.25, 0.3) is 0 Å². The molecule has 0 aromatic heterocycles. The van der Waals surface area contributed by atoms with Crippen LogP contribution in [0.25, 0.3) is 0 Å². The average molecular weight is 258 g/mol. The highest BCUT2D eigenvalue weighted by Crippen LogP contribution is 2.37. The summed E-state index contributed by atoms with van der Waals surface area (Å²) in [5.74, 6) is 1.77. The quantitative estimate of drug-likeness (QED) is 0.903. The van der Waals surface area contributed by atoms with Crippen molar-refractivity contribution in [1.82, 2.24) is 5.32 Å². The lowest BCUT2D eigenvalue weighted by molar-refractivity contribution is 0.307. The van der Waals surface area contributed by atoms with Gasteiger partial charge in [0, 0.05) is 11.6 Å². The Morgan fingerprint density at radius 2 is 2.18 bits per heavy atom. The molecule has 96 valence electrons. The largest absolute Gasteiger partial charge is 0.493 e. The minimum Gasteiger partial charge on any atom is -0.493 e. The lowest BCUT2D eigenvalue weighted by atomic mass is 9.94. The van der Waals surface area contributed by atoms with Gasteiger partial charge in [0.1, 0.15) is 0 Å². The number of benzene rings is 1. The summed E-state index contributed by atoms with van der Waals surface area (Å²) in [4.78, 5) is 0. The minimum atomic E-state index is 0. The van der Waals surface area contributed by atoms with Crippen LogP contribution in [0.1, 0.15) is 31.0 Å². The second-order valence-electron chi connectivity index (χ2n) is 4.02. The summed E-state index contributed by atoms with van der Waals surface area (Å²) in [6.07, 6.45) is 1.00. The average Bonchev–Trinajstić information content (AvgIpc) is 2.29. The normalized spacial score (nSPS) is 17.9. The molecule has 1 unspecified atom stereocenters. The standard InChI is InChI=1S/C13H19NO2.ClH/c1-4-16-12-6-5-10-9(2)14-8-7-11(10)13(12)15-3;/h5-6,9,14H,4,7-8H2,1-3H3;1H. The van der Waals surface area contributed by atoms with Crippen LogP contribution >= 0.6 is 12.4 Å². The predicted molar refractivity (Wildman–Crippen MR) is 71.5 cm³/mol. The zero-order chi connectivity index (χ0) is 11.5. The number of methoxy groups -OCH3 is 1. The Labute approximate surface area is 109 Å². The van der Waals surface area contributed by atoms with E-state index in [2.05, 4.69) is 18.3 Å². The third-order valence-electron chi connectivity index (χ3n) is 3.06. The molecule has 1 aliphatic heterocycles. The number of hydrogen-bond acceptors (Lipinski definition) is 3. The molecule has 1 aromatic carbocycles. The van der Waals surface area contributed by atoms with E-state index in [1.54, 1.807) is 7.11 Å². The molecular formula is C13H20ClNO2. The van der Waals surface area contributed by atoms with Crippen LogP contribution in [-0.4, -0.2) is 20.3 Å². The van der Waals surface area contributed by atoms with Crippen LogP contribution in [0.2, 0.25) is 0 Å². The molecule has 1 atom stereocenters. The van der Waals surface area contributed by atoms with Gasteiger partial charge in [0.05, 0.1) is 13.7 Å². The fourth-order valence-corrected chi connectivity index (χ4v) is 2.30. The Balaban J connectivity index is 0.00000144. The van der Waals surface area contributed by atoms with Crippen LogP contribution in [0.3, 0.4) is 0 Å². The number of ether oxygens (including phenoxy) is 2. The fraction of sp³-hybridized carbons (Fsp3) is 0.538. The van der Waals surface area contributed by atoms with Crippen LogP contribution in [0.4, 0.5) is 0 Å². The van der Waals surface area contributed by atoms with Crippen LogP contribution < -0.4 is 14.8 Å². The predicted octanol–water partition coefficient (Wildman–Crippen LogP) is 2.72. The van der Waals surface area contributed by atoms with Gasteiger partial charge in [-0.15, -0.1) is 12.4 Å². The van der Waals surface area contributed by atoms with Gasteiger partial charge in [-0.1, -0.05) is 6.07 Å². The molecule has 4 heteroatoms. The first-order valence-corrected chi connectivity index (χ1v) is 5.83. The maximum absolute atomic E-state index is 5.58. The molecule has 1 aliphatic rings. The van der Waals surface area contributed by atoms with Gasteiger partial charge in [-0.25, -0.2) is 0 Å². The van der Waals surface area contributed by atoms with Gasteiger partial charge < -0.3 is 14.8 Å². The second-order valence-corrected chi connectivity index (χ2v) is 4.02. The van der Waals surface area contributed by atoms with Crippen LogP contribution in [0.15, 0.2) is 12.1 Å². The zero-order valence-corrected chi connectivity index (χ0v) is 11.4. The number of fused-ring (bicyclic) bond motifs is 1. The first kappa shape index (κ1) is 14.1. The maximum atomic E-state index is 5.58. The minimum absolute atomic E-state index is 0. The highest BCUT2D eigenvalue weighted by Gasteiger charge is 2.21. The Morgan fingerprint density at radius 3 is 2.82 bits per heavy atom. The van der Waals surface area contributed by atoms with Crippen molar-refractivity contribution >= 4 is 12.4 Å². The third kappa shape index (κ3) is 2.67. The van der Waals surface area contributed by atoms with Crippen molar-refractivity contribution in [3.63, 3.8) is 0 Å². The van der Waals surface area contributed by atoms with Gasteiger partial charge in [-0.05, 0) is 38.4 Å². The summed E-state index contributed by atoms with van der Waals surface area (Å²) in [6.45, 7) is 5.84. The molecule has 0 aliphatic carbocycles. The summed E-state index contributed by atoms with van der Waals surface area (Å²) in [5, 5.41) is 3.44. The van der Waals surface area contributed by atoms with Gasteiger partial charge in [0.2, 0.25) is 0 Å². The SMILES string of the molecule is CCOc1ccc2c(c1OC)CCNC2C.Cl. The lowest BCUT2D eigenvalue weighted by Crippen LogP contribution is -2.28. The number of halogens is 1. The van der Waals surface area contributed by atoms with E-state index >= 15 is 0 Å². The van der Waals surface area contributed by atoms with E-state index < -0.39 is 0 Å². The van der Waals surface area contributed by atoms with Crippen molar-refractivity contribution in [2.75, 3.05) is 20.3 Å². The number of nitrogens with one attached hydrogen (secondary N) is 1. The Hall–Kier alpha value is -0.930. The van der Waals surface area contributed by atoms with E-state index in [-0.39, 0.29) is 12.4 Å². The molecule has 0 radical (unpaired) electrons. The van der Waals surface area contributed by atoms with Gasteiger partial charge in [-0.3, -0.25) is 0 Å². The van der Waals surface area contributed by atoms with E-state index in [1.807, 2.05) is 13.0 Å². The summed E-state index contributed by atoms with van der Waals surface area (Å²) in [7, 11) is 1.71. The van der Waals surface area contributed by atoms with E-state index in [0.29, 0.717) is 12.6 Å². The molecular weight excluding hydrogens is 238 g/mol. The molecule has 2 rings (SSSR count). The second kappa shape index (κ2) is 6.12. The summed E-state index contributed by atoms with van der Waals surface area (Å²) in [5.41, 5.74) is 2.62. The number of hydrogen-bond donors (Lipinski definition) is 1. The summed E-state index contributed by atoms with van der Waals surface area (Å²) in [6, 6.07) is 4.54. The summed E-state index contributed by atoms with van der Waals surface area (Å²) >= 11 is 0. The van der Waals surface area contributed by atoms with Gasteiger partial charge in [-0.2, -0.15) is 0 Å². The zero-order valence-electron chi connectivity index (χ0n) is 10.6. The van der Waals surface area contributed by atoms with Crippen molar-refractivity contribution < 1.29 is 9.47 Å². The first-order valence-electron chi connectivity index (χ1n) is 5.83.